The third kappa shape index (κ3) is 4.94. The van der Waals surface area contributed by atoms with Gasteiger partial charge in [-0.1, -0.05) is 39.0 Å². The molecule has 5 heteroatoms. The van der Waals surface area contributed by atoms with Gasteiger partial charge in [-0.3, -0.25) is 4.79 Å². The van der Waals surface area contributed by atoms with Gasteiger partial charge in [-0.25, -0.2) is 0 Å². The van der Waals surface area contributed by atoms with E-state index in [0.717, 1.165) is 5.75 Å². The largest absolute Gasteiger partial charge is 0.497 e. The molecule has 1 aromatic heterocycles. The molecular formula is C23H25NO4. The summed E-state index contributed by atoms with van der Waals surface area (Å²) in [6.07, 6.45) is 0. The number of carbonyl (C=O) groups is 1. The van der Waals surface area contributed by atoms with Crippen LogP contribution in [0.3, 0.4) is 0 Å². The van der Waals surface area contributed by atoms with Gasteiger partial charge in [0.15, 0.2) is 5.76 Å². The van der Waals surface area contributed by atoms with Crippen LogP contribution in [0, 0.1) is 0 Å². The topological polar surface area (TPSA) is 60.7 Å². The molecule has 146 valence electrons. The molecule has 0 bridgehead atoms. The van der Waals surface area contributed by atoms with E-state index < -0.39 is 0 Å². The first kappa shape index (κ1) is 19.5. The number of nitrogens with one attached hydrogen (secondary N) is 1. The lowest BCUT2D eigenvalue weighted by Crippen LogP contribution is -2.11. The molecule has 3 rings (SSSR count). The molecule has 2 aromatic carbocycles. The first-order chi connectivity index (χ1) is 13.3. The number of anilines is 1. The van der Waals surface area contributed by atoms with Gasteiger partial charge in [-0.05, 0) is 47.4 Å². The van der Waals surface area contributed by atoms with Crippen LogP contribution in [0.5, 0.6) is 11.5 Å². The van der Waals surface area contributed by atoms with Crippen LogP contribution in [-0.4, -0.2) is 13.0 Å². The average Bonchev–Trinajstić information content (AvgIpc) is 3.15. The molecule has 28 heavy (non-hydrogen) atoms. The summed E-state index contributed by atoms with van der Waals surface area (Å²) >= 11 is 0. The summed E-state index contributed by atoms with van der Waals surface area (Å²) in [5, 5.41) is 2.79. The normalized spacial score (nSPS) is 11.1. The Morgan fingerprint density at radius 3 is 2.43 bits per heavy atom. The smallest absolute Gasteiger partial charge is 0.291 e. The third-order valence-corrected chi connectivity index (χ3v) is 4.31. The van der Waals surface area contributed by atoms with Gasteiger partial charge in [0.1, 0.15) is 23.9 Å². The SMILES string of the molecule is COc1cccc(NC(=O)c2ccc(COc3ccc(C(C)(C)C)cc3)o2)c1. The van der Waals surface area contributed by atoms with E-state index in [4.69, 9.17) is 13.9 Å². The van der Waals surface area contributed by atoms with E-state index in [1.165, 1.54) is 5.56 Å². The second-order valence-electron chi connectivity index (χ2n) is 7.52. The molecule has 0 radical (unpaired) electrons. The Kier molecular flexibility index (Phi) is 5.73. The van der Waals surface area contributed by atoms with Crippen LogP contribution in [0.2, 0.25) is 0 Å². The number of furan rings is 1. The molecule has 0 saturated heterocycles. The number of amides is 1. The molecule has 0 aliphatic heterocycles. The van der Waals surface area contributed by atoms with Crippen LogP contribution in [-0.2, 0) is 12.0 Å². The summed E-state index contributed by atoms with van der Waals surface area (Å²) in [5.41, 5.74) is 1.98. The Hall–Kier alpha value is -3.21. The van der Waals surface area contributed by atoms with Gasteiger partial charge < -0.3 is 19.2 Å². The van der Waals surface area contributed by atoms with Crippen molar-refractivity contribution in [1.82, 2.24) is 0 Å². The molecule has 0 aliphatic rings. The van der Waals surface area contributed by atoms with Gasteiger partial charge in [0.05, 0.1) is 7.11 Å². The Morgan fingerprint density at radius 1 is 1.00 bits per heavy atom. The van der Waals surface area contributed by atoms with E-state index in [1.54, 1.807) is 37.4 Å². The molecule has 0 fully saturated rings. The van der Waals surface area contributed by atoms with Gasteiger partial charge in [0, 0.05) is 11.8 Å². The average molecular weight is 379 g/mol. The number of hydrogen-bond acceptors (Lipinski definition) is 4. The summed E-state index contributed by atoms with van der Waals surface area (Å²) in [7, 11) is 1.58. The molecule has 0 spiro atoms. The lowest BCUT2D eigenvalue weighted by molar-refractivity contribution is 0.0992. The lowest BCUT2D eigenvalue weighted by Gasteiger charge is -2.19. The second-order valence-corrected chi connectivity index (χ2v) is 7.52. The maximum absolute atomic E-state index is 12.3. The first-order valence-electron chi connectivity index (χ1n) is 9.12. The quantitative estimate of drug-likeness (QED) is 0.621. The van der Waals surface area contributed by atoms with Crippen molar-refractivity contribution in [3.63, 3.8) is 0 Å². The maximum atomic E-state index is 12.3. The maximum Gasteiger partial charge on any atom is 0.291 e. The molecule has 1 N–H and O–H groups in total. The predicted molar refractivity (Wildman–Crippen MR) is 109 cm³/mol. The van der Waals surface area contributed by atoms with Gasteiger partial charge in [-0.2, -0.15) is 0 Å². The van der Waals surface area contributed by atoms with Crippen LogP contribution < -0.4 is 14.8 Å². The van der Waals surface area contributed by atoms with Crippen LogP contribution in [0.4, 0.5) is 5.69 Å². The fourth-order valence-electron chi connectivity index (χ4n) is 2.68. The van der Waals surface area contributed by atoms with Crippen LogP contribution in [0.1, 0.15) is 42.6 Å². The lowest BCUT2D eigenvalue weighted by atomic mass is 9.87. The Morgan fingerprint density at radius 2 is 1.75 bits per heavy atom. The number of methoxy groups -OCH3 is 1. The zero-order valence-electron chi connectivity index (χ0n) is 16.6. The van der Waals surface area contributed by atoms with Gasteiger partial charge >= 0.3 is 0 Å². The van der Waals surface area contributed by atoms with Crippen molar-refractivity contribution in [2.45, 2.75) is 32.8 Å². The number of benzene rings is 2. The van der Waals surface area contributed by atoms with E-state index in [9.17, 15) is 4.79 Å². The molecule has 0 unspecified atom stereocenters. The minimum absolute atomic E-state index is 0.102. The highest BCUT2D eigenvalue weighted by atomic mass is 16.5. The van der Waals surface area contributed by atoms with Crippen molar-refractivity contribution < 1.29 is 18.7 Å². The summed E-state index contributed by atoms with van der Waals surface area (Å²) in [6.45, 7) is 6.76. The predicted octanol–water partition coefficient (Wildman–Crippen LogP) is 5.42. The van der Waals surface area contributed by atoms with E-state index >= 15 is 0 Å². The zero-order valence-corrected chi connectivity index (χ0v) is 16.6. The van der Waals surface area contributed by atoms with Crippen molar-refractivity contribution in [1.29, 1.82) is 0 Å². The molecule has 0 atom stereocenters. The molecule has 5 nitrogen and oxygen atoms in total. The van der Waals surface area contributed by atoms with E-state index in [1.807, 2.05) is 18.2 Å². The monoisotopic (exact) mass is 379 g/mol. The zero-order chi connectivity index (χ0) is 20.1. The van der Waals surface area contributed by atoms with Crippen molar-refractivity contribution >= 4 is 11.6 Å². The highest BCUT2D eigenvalue weighted by molar-refractivity contribution is 6.02. The minimum atomic E-state index is -0.325. The summed E-state index contributed by atoms with van der Waals surface area (Å²) in [6, 6.07) is 18.5. The Bertz CT molecular complexity index is 936. The van der Waals surface area contributed by atoms with Crippen molar-refractivity contribution in [3.8, 4) is 11.5 Å². The number of ether oxygens (including phenoxy) is 2. The second kappa shape index (κ2) is 8.21. The number of rotatable bonds is 6. The third-order valence-electron chi connectivity index (χ3n) is 4.31. The molecule has 0 aliphatic carbocycles. The van der Waals surface area contributed by atoms with Crippen LogP contribution in [0.15, 0.2) is 65.1 Å². The van der Waals surface area contributed by atoms with E-state index in [0.29, 0.717) is 17.2 Å². The van der Waals surface area contributed by atoms with Gasteiger partial charge in [0.2, 0.25) is 0 Å². The summed E-state index contributed by atoms with van der Waals surface area (Å²) < 4.78 is 16.5. The highest BCUT2D eigenvalue weighted by Crippen LogP contribution is 2.25. The van der Waals surface area contributed by atoms with Crippen LogP contribution >= 0.6 is 0 Å². The van der Waals surface area contributed by atoms with Crippen molar-refractivity contribution in [3.05, 3.63) is 77.7 Å². The fraction of sp³-hybridized carbons (Fsp3) is 0.261. The van der Waals surface area contributed by atoms with Gasteiger partial charge in [0.25, 0.3) is 5.91 Å². The summed E-state index contributed by atoms with van der Waals surface area (Å²) in [5.74, 6) is 1.91. The standard InChI is InChI=1S/C23H25NO4/c1-23(2,3)16-8-10-18(11-9-16)27-15-20-12-13-21(28-20)22(25)24-17-6-5-7-19(14-17)26-4/h5-14H,15H2,1-4H3,(H,24,25). The molecule has 1 amide bonds. The Labute approximate surface area is 165 Å². The Balaban J connectivity index is 1.58. The molecule has 3 aromatic rings. The minimum Gasteiger partial charge on any atom is -0.497 e. The van der Waals surface area contributed by atoms with Crippen molar-refractivity contribution in [2.75, 3.05) is 12.4 Å². The molecular weight excluding hydrogens is 354 g/mol. The van der Waals surface area contributed by atoms with Crippen LogP contribution in [0.25, 0.3) is 0 Å². The van der Waals surface area contributed by atoms with Gasteiger partial charge in [-0.15, -0.1) is 0 Å². The number of hydrogen-bond donors (Lipinski definition) is 1. The number of carbonyl (C=O) groups excluding carboxylic acids is 1. The van der Waals surface area contributed by atoms with E-state index in [-0.39, 0.29) is 23.7 Å². The van der Waals surface area contributed by atoms with Crippen molar-refractivity contribution in [2.24, 2.45) is 0 Å². The summed E-state index contributed by atoms with van der Waals surface area (Å²) in [4.78, 5) is 12.3. The highest BCUT2D eigenvalue weighted by Gasteiger charge is 2.14. The molecule has 0 saturated carbocycles. The molecule has 1 heterocycles. The fourth-order valence-corrected chi connectivity index (χ4v) is 2.68. The first-order valence-corrected chi connectivity index (χ1v) is 9.12. The van der Waals surface area contributed by atoms with E-state index in [2.05, 4.69) is 38.2 Å².